The maximum atomic E-state index is 13.6. The number of ether oxygens (including phenoxy) is 2. The van der Waals surface area contributed by atoms with E-state index in [1.807, 2.05) is 6.07 Å². The molecular formula is C24H25FN4O3. The van der Waals surface area contributed by atoms with E-state index in [2.05, 4.69) is 20.2 Å². The van der Waals surface area contributed by atoms with Crippen LogP contribution in [0.1, 0.15) is 12.8 Å². The van der Waals surface area contributed by atoms with Gasteiger partial charge in [0.05, 0.1) is 20.1 Å². The molecule has 0 aliphatic carbocycles. The van der Waals surface area contributed by atoms with Gasteiger partial charge in [-0.2, -0.15) is 0 Å². The summed E-state index contributed by atoms with van der Waals surface area (Å²) in [7, 11) is 3.13. The van der Waals surface area contributed by atoms with Gasteiger partial charge in [-0.05, 0) is 43.2 Å². The third-order valence-corrected chi connectivity index (χ3v) is 5.49. The highest BCUT2D eigenvalue weighted by molar-refractivity contribution is 5.93. The van der Waals surface area contributed by atoms with Crippen molar-refractivity contribution < 1.29 is 18.7 Å². The van der Waals surface area contributed by atoms with Gasteiger partial charge in [0, 0.05) is 36.6 Å². The fourth-order valence-corrected chi connectivity index (χ4v) is 3.85. The standard InChI is InChI=1S/C24H25FN4O3/c1-31-20-9-8-19(14-21(20)32-2)27-24(30)17-6-4-12-29(15-17)22-10-11-26-23(28-22)16-5-3-7-18(25)13-16/h3,5,7-11,13-14,17H,4,6,12,15H2,1-2H3,(H,27,30)/t17-/m0/s1. The van der Waals surface area contributed by atoms with Crippen LogP contribution in [-0.2, 0) is 4.79 Å². The number of carbonyl (C=O) groups is 1. The van der Waals surface area contributed by atoms with Crippen molar-refractivity contribution in [1.82, 2.24) is 9.97 Å². The Kier molecular flexibility index (Phi) is 6.49. The number of carbonyl (C=O) groups excluding carboxylic acids is 1. The van der Waals surface area contributed by atoms with Crippen LogP contribution in [0.4, 0.5) is 15.9 Å². The number of nitrogens with one attached hydrogen (secondary N) is 1. The summed E-state index contributed by atoms with van der Waals surface area (Å²) in [6.07, 6.45) is 3.32. The molecule has 7 nitrogen and oxygen atoms in total. The lowest BCUT2D eigenvalue weighted by molar-refractivity contribution is -0.120. The van der Waals surface area contributed by atoms with Gasteiger partial charge in [-0.25, -0.2) is 14.4 Å². The smallest absolute Gasteiger partial charge is 0.229 e. The number of nitrogens with zero attached hydrogens (tertiary/aromatic N) is 3. The van der Waals surface area contributed by atoms with Crippen LogP contribution in [0, 0.1) is 11.7 Å². The van der Waals surface area contributed by atoms with Gasteiger partial charge in [0.25, 0.3) is 0 Å². The van der Waals surface area contributed by atoms with Gasteiger partial charge in [-0.3, -0.25) is 4.79 Å². The summed E-state index contributed by atoms with van der Waals surface area (Å²) < 4.78 is 24.1. The molecule has 32 heavy (non-hydrogen) atoms. The summed E-state index contributed by atoms with van der Waals surface area (Å²) in [6, 6.07) is 13.3. The molecule has 0 bridgehead atoms. The lowest BCUT2D eigenvalue weighted by Crippen LogP contribution is -2.41. The Bertz CT molecular complexity index is 1110. The predicted molar refractivity (Wildman–Crippen MR) is 121 cm³/mol. The normalized spacial score (nSPS) is 15.8. The van der Waals surface area contributed by atoms with Crippen LogP contribution in [0.25, 0.3) is 11.4 Å². The molecule has 0 saturated carbocycles. The number of hydrogen-bond acceptors (Lipinski definition) is 6. The number of halogens is 1. The van der Waals surface area contributed by atoms with Crippen molar-refractivity contribution in [2.45, 2.75) is 12.8 Å². The van der Waals surface area contributed by atoms with Crippen LogP contribution in [0.15, 0.2) is 54.7 Å². The molecule has 8 heteroatoms. The molecule has 1 amide bonds. The zero-order valence-corrected chi connectivity index (χ0v) is 18.0. The Balaban J connectivity index is 1.47. The second kappa shape index (κ2) is 9.64. The number of piperidine rings is 1. The lowest BCUT2D eigenvalue weighted by Gasteiger charge is -2.33. The SMILES string of the molecule is COc1ccc(NC(=O)[C@H]2CCCN(c3ccnc(-c4cccc(F)c4)n3)C2)cc1OC. The highest BCUT2D eigenvalue weighted by Gasteiger charge is 2.27. The molecule has 1 aliphatic rings. The first-order valence-electron chi connectivity index (χ1n) is 10.4. The molecule has 2 heterocycles. The minimum atomic E-state index is -0.332. The third kappa shape index (κ3) is 4.80. The van der Waals surface area contributed by atoms with Gasteiger partial charge in [-0.15, -0.1) is 0 Å². The van der Waals surface area contributed by atoms with Crippen molar-refractivity contribution in [1.29, 1.82) is 0 Å². The molecule has 0 spiro atoms. The number of rotatable bonds is 6. The van der Waals surface area contributed by atoms with Crippen LogP contribution < -0.4 is 19.7 Å². The van der Waals surface area contributed by atoms with Crippen molar-refractivity contribution in [3.05, 3.63) is 60.5 Å². The first kappa shape index (κ1) is 21.5. The van der Waals surface area contributed by atoms with Gasteiger partial charge >= 0.3 is 0 Å². The van der Waals surface area contributed by atoms with Crippen LogP contribution in [0.5, 0.6) is 11.5 Å². The van der Waals surface area contributed by atoms with E-state index < -0.39 is 0 Å². The van der Waals surface area contributed by atoms with Crippen molar-refractivity contribution in [3.63, 3.8) is 0 Å². The number of aromatic nitrogens is 2. The summed E-state index contributed by atoms with van der Waals surface area (Å²) in [5.41, 5.74) is 1.27. The van der Waals surface area contributed by atoms with Crippen molar-refractivity contribution in [3.8, 4) is 22.9 Å². The van der Waals surface area contributed by atoms with E-state index in [0.29, 0.717) is 35.1 Å². The van der Waals surface area contributed by atoms with Crippen molar-refractivity contribution in [2.24, 2.45) is 5.92 Å². The Hall–Kier alpha value is -3.68. The summed E-state index contributed by atoms with van der Waals surface area (Å²) >= 11 is 0. The first-order valence-corrected chi connectivity index (χ1v) is 10.4. The first-order chi connectivity index (χ1) is 15.6. The van der Waals surface area contributed by atoms with Gasteiger partial charge in [0.2, 0.25) is 5.91 Å². The largest absolute Gasteiger partial charge is 0.493 e. The summed E-state index contributed by atoms with van der Waals surface area (Å²) in [5.74, 6) is 1.77. The molecule has 1 aliphatic heterocycles. The lowest BCUT2D eigenvalue weighted by atomic mass is 9.97. The molecule has 1 aromatic heterocycles. The molecule has 1 atom stereocenters. The summed E-state index contributed by atoms with van der Waals surface area (Å²) in [5, 5.41) is 2.98. The average molecular weight is 436 g/mol. The van der Waals surface area contributed by atoms with Crippen LogP contribution in [-0.4, -0.2) is 43.2 Å². The highest BCUT2D eigenvalue weighted by Crippen LogP contribution is 2.30. The molecule has 1 saturated heterocycles. The second-order valence-electron chi connectivity index (χ2n) is 7.59. The van der Waals surface area contributed by atoms with Gasteiger partial charge in [-0.1, -0.05) is 12.1 Å². The molecule has 1 N–H and O–H groups in total. The monoisotopic (exact) mass is 436 g/mol. The number of methoxy groups -OCH3 is 2. The molecule has 0 radical (unpaired) electrons. The topological polar surface area (TPSA) is 76.6 Å². The minimum Gasteiger partial charge on any atom is -0.493 e. The summed E-state index contributed by atoms with van der Waals surface area (Å²) in [6.45, 7) is 1.33. The van der Waals surface area contributed by atoms with E-state index in [0.717, 1.165) is 25.2 Å². The molecule has 2 aromatic carbocycles. The molecule has 0 unspecified atom stereocenters. The minimum absolute atomic E-state index is 0.0543. The van der Waals surface area contributed by atoms with E-state index in [4.69, 9.17) is 9.47 Å². The molecule has 1 fully saturated rings. The number of amides is 1. The fraction of sp³-hybridized carbons (Fsp3) is 0.292. The van der Waals surface area contributed by atoms with Crippen LogP contribution >= 0.6 is 0 Å². The molecule has 3 aromatic rings. The van der Waals surface area contributed by atoms with Crippen LogP contribution in [0.2, 0.25) is 0 Å². The van der Waals surface area contributed by atoms with E-state index in [-0.39, 0.29) is 17.6 Å². The molecular weight excluding hydrogens is 411 g/mol. The Morgan fingerprint density at radius 1 is 1.12 bits per heavy atom. The van der Waals surface area contributed by atoms with Gasteiger partial charge in [0.1, 0.15) is 11.6 Å². The zero-order chi connectivity index (χ0) is 22.5. The Morgan fingerprint density at radius 2 is 1.97 bits per heavy atom. The van der Waals surface area contributed by atoms with Crippen LogP contribution in [0.3, 0.4) is 0 Å². The maximum Gasteiger partial charge on any atom is 0.229 e. The van der Waals surface area contributed by atoms with E-state index in [1.165, 1.54) is 12.1 Å². The van der Waals surface area contributed by atoms with E-state index in [1.54, 1.807) is 50.7 Å². The maximum absolute atomic E-state index is 13.6. The molecule has 166 valence electrons. The van der Waals surface area contributed by atoms with Gasteiger partial charge < -0.3 is 19.7 Å². The Morgan fingerprint density at radius 3 is 2.75 bits per heavy atom. The average Bonchev–Trinajstić information content (AvgIpc) is 2.84. The fourth-order valence-electron chi connectivity index (χ4n) is 3.85. The van der Waals surface area contributed by atoms with Crippen molar-refractivity contribution in [2.75, 3.05) is 37.5 Å². The zero-order valence-electron chi connectivity index (χ0n) is 18.0. The van der Waals surface area contributed by atoms with E-state index >= 15 is 0 Å². The highest BCUT2D eigenvalue weighted by atomic mass is 19.1. The van der Waals surface area contributed by atoms with Gasteiger partial charge in [0.15, 0.2) is 17.3 Å². The van der Waals surface area contributed by atoms with E-state index in [9.17, 15) is 9.18 Å². The second-order valence-corrected chi connectivity index (χ2v) is 7.59. The summed E-state index contributed by atoms with van der Waals surface area (Å²) in [4.78, 5) is 23.9. The predicted octanol–water partition coefficient (Wildman–Crippen LogP) is 4.16. The molecule has 4 rings (SSSR count). The number of hydrogen-bond donors (Lipinski definition) is 1. The third-order valence-electron chi connectivity index (χ3n) is 5.49. The number of benzene rings is 2. The Labute approximate surface area is 186 Å². The quantitative estimate of drug-likeness (QED) is 0.626. The van der Waals surface area contributed by atoms with Crippen molar-refractivity contribution >= 4 is 17.4 Å². The number of anilines is 2.